The Kier molecular flexibility index (Phi) is 13.8. The molecule has 0 bridgehead atoms. The number of carbonyl (C=O) groups is 5. The molecule has 4 aliphatic rings. The van der Waals surface area contributed by atoms with Crippen molar-refractivity contribution in [1.82, 2.24) is 34.5 Å². The maximum atomic E-state index is 16.2. The molecule has 7 rings (SSSR count). The molecule has 0 spiro atoms. The first kappa shape index (κ1) is 45.1. The van der Waals surface area contributed by atoms with E-state index >= 15 is 8.78 Å². The highest BCUT2D eigenvalue weighted by molar-refractivity contribution is 6.12. The van der Waals surface area contributed by atoms with Crippen molar-refractivity contribution >= 4 is 30.0 Å². The van der Waals surface area contributed by atoms with E-state index in [4.69, 9.17) is 19.2 Å². The Labute approximate surface area is 364 Å². The molecule has 18 heteroatoms. The molecule has 0 unspecified atom stereocenters. The van der Waals surface area contributed by atoms with Crippen LogP contribution in [-0.4, -0.2) is 136 Å². The van der Waals surface area contributed by atoms with Crippen molar-refractivity contribution in [2.75, 3.05) is 59.1 Å². The number of nitrogens with one attached hydrogen (secondary N) is 1. The number of ether oxygens (including phenoxy) is 3. The van der Waals surface area contributed by atoms with Gasteiger partial charge < -0.3 is 38.8 Å². The molecule has 3 aromatic rings. The minimum atomic E-state index is -1.53. The lowest BCUT2D eigenvalue weighted by Crippen LogP contribution is -2.55. The van der Waals surface area contributed by atoms with Crippen LogP contribution in [0.4, 0.5) is 27.6 Å². The number of alkyl halides is 1. The first-order chi connectivity index (χ1) is 30.0. The van der Waals surface area contributed by atoms with Crippen molar-refractivity contribution in [3.05, 3.63) is 89.9 Å². The number of likely N-dealkylation sites (tertiary alicyclic amines) is 2. The fraction of sp³-hybridized carbons (Fsp3) is 0.511. The van der Waals surface area contributed by atoms with E-state index in [2.05, 4.69) is 5.32 Å². The summed E-state index contributed by atoms with van der Waals surface area (Å²) in [6.07, 6.45) is 2.19. The SMILES string of the molecule is C[C@@H](COC(=O)N1CC(CN2C(=O)C=CC2=O)C1)NC(=O)N(C[C@@H]1CN(C(=O)OC(C)(C)C)C[C@@H]1F)[C@@H](c1nc(-c2cc(F)ccc2F)cn1Cc1ccccc1)C1CCOCC1. The number of hydrogen-bond donors (Lipinski definition) is 1. The fourth-order valence-electron chi connectivity index (χ4n) is 8.41. The second kappa shape index (κ2) is 19.2. The molecule has 15 nitrogen and oxygen atoms in total. The van der Waals surface area contributed by atoms with Crippen LogP contribution >= 0.6 is 0 Å². The van der Waals surface area contributed by atoms with Crippen LogP contribution < -0.4 is 5.32 Å². The van der Waals surface area contributed by atoms with Crippen LogP contribution in [0.1, 0.15) is 58.0 Å². The summed E-state index contributed by atoms with van der Waals surface area (Å²) in [6, 6.07) is 10.3. The molecule has 338 valence electrons. The Bertz CT molecular complexity index is 2170. The second-order valence-corrected chi connectivity index (χ2v) is 17.7. The number of urea groups is 1. The molecule has 2 aromatic carbocycles. The van der Waals surface area contributed by atoms with Crippen LogP contribution in [-0.2, 0) is 30.3 Å². The van der Waals surface area contributed by atoms with Crippen LogP contribution in [0.2, 0.25) is 0 Å². The molecule has 1 N–H and O–H groups in total. The second-order valence-electron chi connectivity index (χ2n) is 17.7. The van der Waals surface area contributed by atoms with Crippen LogP contribution in [0.15, 0.2) is 66.9 Å². The molecule has 4 aliphatic heterocycles. The Morgan fingerprint density at radius 3 is 2.32 bits per heavy atom. The predicted octanol–water partition coefficient (Wildman–Crippen LogP) is 5.94. The summed E-state index contributed by atoms with van der Waals surface area (Å²) in [5.41, 5.74) is 0.116. The third-order valence-electron chi connectivity index (χ3n) is 11.6. The van der Waals surface area contributed by atoms with E-state index in [0.717, 1.165) is 28.7 Å². The molecule has 5 heterocycles. The summed E-state index contributed by atoms with van der Waals surface area (Å²) < 4.78 is 64.9. The van der Waals surface area contributed by atoms with Gasteiger partial charge in [0.05, 0.1) is 24.3 Å². The smallest absolute Gasteiger partial charge is 0.410 e. The number of amides is 6. The molecule has 6 amide bonds. The van der Waals surface area contributed by atoms with Gasteiger partial charge in [-0.05, 0) is 70.2 Å². The molecule has 1 aromatic heterocycles. The summed E-state index contributed by atoms with van der Waals surface area (Å²) in [4.78, 5) is 75.3. The highest BCUT2D eigenvalue weighted by atomic mass is 19.1. The van der Waals surface area contributed by atoms with Crippen LogP contribution in [0.5, 0.6) is 0 Å². The quantitative estimate of drug-likeness (QED) is 0.206. The van der Waals surface area contributed by atoms with Gasteiger partial charge in [-0.3, -0.25) is 14.5 Å². The summed E-state index contributed by atoms with van der Waals surface area (Å²) in [5, 5.41) is 2.94. The Morgan fingerprint density at radius 1 is 0.952 bits per heavy atom. The van der Waals surface area contributed by atoms with Gasteiger partial charge in [-0.15, -0.1) is 0 Å². The standard InChI is InChI=1S/C45H54F3N7O8/c1-28(27-62-43(59)52-20-30(21-52)22-54-38(56)12-13-39(54)57)49-42(58)55(24-32-23-53(25-36(32)48)44(60)63-45(2,3)4)40(31-14-16-61-17-15-31)41-50-37(34-18-33(46)10-11-35(34)47)26-51(41)19-29-8-6-5-7-9-29/h5-13,18,26,28,30-32,36,40H,14-17,19-25,27H2,1-4H3,(H,49,58)/t28-,32-,36-,40+/m0/s1. The molecule has 4 atom stereocenters. The van der Waals surface area contributed by atoms with Gasteiger partial charge in [-0.2, -0.15) is 0 Å². The van der Waals surface area contributed by atoms with Crippen LogP contribution in [0.3, 0.4) is 0 Å². The number of halogens is 3. The van der Waals surface area contributed by atoms with Gasteiger partial charge in [0.2, 0.25) is 0 Å². The Morgan fingerprint density at radius 2 is 1.63 bits per heavy atom. The molecule has 0 saturated carbocycles. The number of nitrogens with zero attached hydrogens (tertiary/aromatic N) is 6. The van der Waals surface area contributed by atoms with Crippen molar-refractivity contribution in [2.24, 2.45) is 17.8 Å². The third kappa shape index (κ3) is 11.0. The third-order valence-corrected chi connectivity index (χ3v) is 11.6. The zero-order chi connectivity index (χ0) is 45.0. The van der Waals surface area contributed by atoms with Crippen molar-refractivity contribution < 1.29 is 51.4 Å². The van der Waals surface area contributed by atoms with Crippen molar-refractivity contribution in [2.45, 2.75) is 70.9 Å². The van der Waals surface area contributed by atoms with Crippen molar-refractivity contribution in [1.29, 1.82) is 0 Å². The number of hydrogen-bond acceptors (Lipinski definition) is 9. The summed E-state index contributed by atoms with van der Waals surface area (Å²) in [7, 11) is 0. The van der Waals surface area contributed by atoms with Gasteiger partial charge in [0.15, 0.2) is 0 Å². The first-order valence-electron chi connectivity index (χ1n) is 21.3. The average Bonchev–Trinajstić information content (AvgIpc) is 3.91. The normalized spacial score (nSPS) is 20.5. The van der Waals surface area contributed by atoms with E-state index in [-0.39, 0.29) is 75.5 Å². The molecule has 3 fully saturated rings. The van der Waals surface area contributed by atoms with Gasteiger partial charge in [0.25, 0.3) is 11.8 Å². The lowest BCUT2D eigenvalue weighted by Gasteiger charge is -2.40. The van der Waals surface area contributed by atoms with Gasteiger partial charge in [-0.1, -0.05) is 30.3 Å². The first-order valence-corrected chi connectivity index (χ1v) is 21.3. The van der Waals surface area contributed by atoms with Crippen molar-refractivity contribution in [3.8, 4) is 11.3 Å². The minimum Gasteiger partial charge on any atom is -0.447 e. The number of aromatic nitrogens is 2. The number of carbonyl (C=O) groups excluding carboxylic acids is 5. The van der Waals surface area contributed by atoms with E-state index in [1.807, 2.05) is 34.9 Å². The lowest BCUT2D eigenvalue weighted by molar-refractivity contribution is -0.138. The molecular formula is C45H54F3N7O8. The van der Waals surface area contributed by atoms with E-state index in [9.17, 15) is 28.4 Å². The van der Waals surface area contributed by atoms with Gasteiger partial charge in [-0.25, -0.2) is 32.5 Å². The summed E-state index contributed by atoms with van der Waals surface area (Å²) >= 11 is 0. The topological polar surface area (TPSA) is 156 Å². The monoisotopic (exact) mass is 877 g/mol. The molecule has 0 radical (unpaired) electrons. The lowest BCUT2D eigenvalue weighted by atomic mass is 9.89. The maximum Gasteiger partial charge on any atom is 0.410 e. The average molecular weight is 878 g/mol. The van der Waals surface area contributed by atoms with Gasteiger partial charge in [0, 0.05) is 88.2 Å². The van der Waals surface area contributed by atoms with E-state index < -0.39 is 71.4 Å². The van der Waals surface area contributed by atoms with E-state index in [1.165, 1.54) is 26.9 Å². The van der Waals surface area contributed by atoms with Crippen molar-refractivity contribution in [3.63, 3.8) is 0 Å². The Hall–Kier alpha value is -5.91. The van der Waals surface area contributed by atoms with E-state index in [1.54, 1.807) is 33.9 Å². The number of imidazole rings is 1. The predicted molar refractivity (Wildman–Crippen MR) is 223 cm³/mol. The maximum absolute atomic E-state index is 16.2. The zero-order valence-corrected chi connectivity index (χ0v) is 35.9. The van der Waals surface area contributed by atoms with Gasteiger partial charge >= 0.3 is 18.2 Å². The largest absolute Gasteiger partial charge is 0.447 e. The highest BCUT2D eigenvalue weighted by Crippen LogP contribution is 2.39. The number of rotatable bonds is 13. The van der Waals surface area contributed by atoms with Crippen LogP contribution in [0.25, 0.3) is 11.3 Å². The zero-order valence-electron chi connectivity index (χ0n) is 35.9. The number of benzene rings is 2. The minimum absolute atomic E-state index is 0.0425. The highest BCUT2D eigenvalue weighted by Gasteiger charge is 2.44. The molecule has 0 aliphatic carbocycles. The molecule has 63 heavy (non-hydrogen) atoms. The Balaban J connectivity index is 1.16. The number of imide groups is 1. The fourth-order valence-corrected chi connectivity index (χ4v) is 8.41. The molecule has 3 saturated heterocycles. The van der Waals surface area contributed by atoms with Crippen LogP contribution in [0, 0.1) is 29.4 Å². The van der Waals surface area contributed by atoms with Gasteiger partial charge in [0.1, 0.15) is 35.8 Å². The summed E-state index contributed by atoms with van der Waals surface area (Å²) in [5.74, 6) is -3.02. The molecular weight excluding hydrogens is 824 g/mol. The van der Waals surface area contributed by atoms with E-state index in [0.29, 0.717) is 31.9 Å². The summed E-state index contributed by atoms with van der Waals surface area (Å²) in [6.45, 7) is 7.86.